The van der Waals surface area contributed by atoms with Crippen molar-refractivity contribution in [2.75, 3.05) is 0 Å². The molecule has 1 fully saturated rings. The number of hydrogen-bond acceptors (Lipinski definition) is 7. The van der Waals surface area contributed by atoms with E-state index >= 15 is 0 Å². The van der Waals surface area contributed by atoms with Gasteiger partial charge in [0.2, 0.25) is 0 Å². The number of nitrogens with zero attached hydrogens (tertiary/aromatic N) is 1. The van der Waals surface area contributed by atoms with Crippen molar-refractivity contribution in [2.24, 2.45) is 0 Å². The molecule has 6 rings (SSSR count). The average Bonchev–Trinajstić information content (AvgIpc) is 3.30. The van der Waals surface area contributed by atoms with Gasteiger partial charge in [0.1, 0.15) is 11.5 Å². The van der Waals surface area contributed by atoms with Gasteiger partial charge < -0.3 is 14.3 Å². The number of fused-ring (bicyclic) bond motifs is 6. The molecule has 0 atom stereocenters. The molecular weight excluding hydrogens is 586 g/mol. The van der Waals surface area contributed by atoms with Crippen molar-refractivity contribution in [2.45, 2.75) is 18.4 Å². The molecule has 3 aromatic rings. The summed E-state index contributed by atoms with van der Waals surface area (Å²) in [4.78, 5) is 54.8. The summed E-state index contributed by atoms with van der Waals surface area (Å²) in [6.45, 7) is 0. The maximum atomic E-state index is 13.0. The van der Waals surface area contributed by atoms with Crippen LogP contribution in [0, 0.1) is 0 Å². The smallest absolute Gasteiger partial charge is 0.363 e. The van der Waals surface area contributed by atoms with Crippen LogP contribution in [-0.4, -0.2) is 28.8 Å². The zero-order chi connectivity index (χ0) is 24.5. The van der Waals surface area contributed by atoms with Gasteiger partial charge in [-0.1, -0.05) is 31.9 Å². The van der Waals surface area contributed by atoms with E-state index in [1.54, 1.807) is 24.3 Å². The molecule has 174 valence electrons. The number of carbonyl (C=O) groups is 4. The number of amides is 2. The Bertz CT molecular complexity index is 1430. The number of hydrogen-bond donors (Lipinski definition) is 0. The molecule has 0 saturated carbocycles. The van der Waals surface area contributed by atoms with Gasteiger partial charge in [0.05, 0.1) is 11.1 Å². The predicted molar refractivity (Wildman–Crippen MR) is 127 cm³/mol. The van der Waals surface area contributed by atoms with Gasteiger partial charge in [0.25, 0.3) is 11.8 Å². The van der Waals surface area contributed by atoms with Gasteiger partial charge in [-0.25, -0.2) is 9.59 Å². The van der Waals surface area contributed by atoms with Gasteiger partial charge in [-0.2, -0.15) is 0 Å². The van der Waals surface area contributed by atoms with Crippen LogP contribution in [-0.2, 0) is 24.8 Å². The van der Waals surface area contributed by atoms with E-state index in [-0.39, 0.29) is 24.0 Å². The molecule has 0 bridgehead atoms. The Balaban J connectivity index is 1.53. The molecule has 10 heteroatoms. The standard InChI is InChI=1S/C25H13Br2NO7/c26-13-2-5-16-19(10-13)33-20-11-14(27)3-6-17(20)25(16)18-9-12(1-4-15(18)24(32)34-25)23(31)35-28-21(29)7-8-22(28)30/h1-6,9-11H,7-8H2. The molecule has 1 spiro atoms. The molecule has 0 N–H and O–H groups in total. The number of benzene rings is 3. The number of ether oxygens (including phenoxy) is 2. The van der Waals surface area contributed by atoms with Crippen molar-refractivity contribution < 1.29 is 33.5 Å². The minimum Gasteiger partial charge on any atom is -0.456 e. The first kappa shape index (κ1) is 22.0. The Kier molecular flexibility index (Phi) is 4.87. The highest BCUT2D eigenvalue weighted by Crippen LogP contribution is 2.56. The third kappa shape index (κ3) is 3.24. The lowest BCUT2D eigenvalue weighted by Gasteiger charge is -2.36. The molecule has 3 aliphatic heterocycles. The largest absolute Gasteiger partial charge is 0.456 e. The second kappa shape index (κ2) is 7.76. The van der Waals surface area contributed by atoms with Crippen molar-refractivity contribution in [3.05, 3.63) is 91.4 Å². The van der Waals surface area contributed by atoms with Gasteiger partial charge in [0.15, 0.2) is 5.60 Å². The second-order valence-corrected chi connectivity index (χ2v) is 10.0. The van der Waals surface area contributed by atoms with Crippen LogP contribution in [0.3, 0.4) is 0 Å². The minimum absolute atomic E-state index is 0.0135. The Morgan fingerprint density at radius 2 is 1.43 bits per heavy atom. The molecule has 1 saturated heterocycles. The van der Waals surface area contributed by atoms with E-state index in [0.29, 0.717) is 33.3 Å². The van der Waals surface area contributed by atoms with Crippen LogP contribution in [0.25, 0.3) is 0 Å². The quantitative estimate of drug-likeness (QED) is 0.302. The highest BCUT2D eigenvalue weighted by atomic mass is 79.9. The first-order chi connectivity index (χ1) is 16.8. The summed E-state index contributed by atoms with van der Waals surface area (Å²) >= 11 is 6.90. The maximum Gasteiger partial charge on any atom is 0.363 e. The van der Waals surface area contributed by atoms with Crippen molar-refractivity contribution in [1.29, 1.82) is 0 Å². The fraction of sp³-hybridized carbons (Fsp3) is 0.120. The summed E-state index contributed by atoms with van der Waals surface area (Å²) < 4.78 is 13.8. The summed E-state index contributed by atoms with van der Waals surface area (Å²) in [5.41, 5.74) is 0.534. The van der Waals surface area contributed by atoms with Crippen LogP contribution in [0.4, 0.5) is 0 Å². The third-order valence-corrected chi connectivity index (χ3v) is 7.13. The number of esters is 1. The molecule has 3 aromatic carbocycles. The monoisotopic (exact) mass is 597 g/mol. The van der Waals surface area contributed by atoms with Crippen LogP contribution in [0.1, 0.15) is 50.2 Å². The molecule has 8 nitrogen and oxygen atoms in total. The zero-order valence-electron chi connectivity index (χ0n) is 17.7. The van der Waals surface area contributed by atoms with E-state index in [1.807, 2.05) is 12.1 Å². The Morgan fingerprint density at radius 1 is 0.829 bits per heavy atom. The van der Waals surface area contributed by atoms with Crippen LogP contribution in [0.5, 0.6) is 11.5 Å². The normalized spacial score (nSPS) is 17.0. The lowest BCUT2D eigenvalue weighted by Crippen LogP contribution is -2.34. The Morgan fingerprint density at radius 3 is 2.03 bits per heavy atom. The molecule has 0 aromatic heterocycles. The lowest BCUT2D eigenvalue weighted by atomic mass is 9.77. The molecule has 35 heavy (non-hydrogen) atoms. The van der Waals surface area contributed by atoms with E-state index in [2.05, 4.69) is 31.9 Å². The van der Waals surface area contributed by atoms with Gasteiger partial charge in [-0.15, -0.1) is 5.06 Å². The Hall–Kier alpha value is -3.50. The summed E-state index contributed by atoms with van der Waals surface area (Å²) in [6, 6.07) is 15.1. The van der Waals surface area contributed by atoms with Crippen LogP contribution < -0.4 is 4.74 Å². The SMILES string of the molecule is O=C(ON1C(=O)CCC1=O)c1ccc2c(c1)C1(OC2=O)c2ccc(Br)cc2Oc2cc(Br)ccc21. The molecule has 0 aliphatic carbocycles. The maximum absolute atomic E-state index is 13.0. The molecule has 2 amide bonds. The molecule has 0 unspecified atom stereocenters. The van der Waals surface area contributed by atoms with E-state index in [1.165, 1.54) is 18.2 Å². The average molecular weight is 599 g/mol. The first-order valence-electron chi connectivity index (χ1n) is 10.5. The summed E-state index contributed by atoms with van der Waals surface area (Å²) in [7, 11) is 0. The predicted octanol–water partition coefficient (Wildman–Crippen LogP) is 5.00. The van der Waals surface area contributed by atoms with E-state index in [9.17, 15) is 19.2 Å². The van der Waals surface area contributed by atoms with Crippen molar-refractivity contribution in [3.8, 4) is 11.5 Å². The van der Waals surface area contributed by atoms with Gasteiger partial charge in [-0.3, -0.25) is 9.59 Å². The van der Waals surface area contributed by atoms with E-state index in [4.69, 9.17) is 14.3 Å². The second-order valence-electron chi connectivity index (χ2n) is 8.17. The summed E-state index contributed by atoms with van der Waals surface area (Å²) in [6.07, 6.45) is -0.0269. The Labute approximate surface area is 215 Å². The number of carbonyl (C=O) groups excluding carboxylic acids is 4. The van der Waals surface area contributed by atoms with Gasteiger partial charge >= 0.3 is 11.9 Å². The fourth-order valence-corrected chi connectivity index (χ4v) is 5.27. The van der Waals surface area contributed by atoms with Crippen LogP contribution >= 0.6 is 31.9 Å². The minimum atomic E-state index is -1.38. The molecule has 3 heterocycles. The summed E-state index contributed by atoms with van der Waals surface area (Å²) in [5.74, 6) is -1.66. The molecular formula is C25H13Br2NO7. The number of halogens is 2. The van der Waals surface area contributed by atoms with Crippen molar-refractivity contribution >= 4 is 55.6 Å². The summed E-state index contributed by atoms with van der Waals surface area (Å²) in [5, 5.41) is 0.487. The zero-order valence-corrected chi connectivity index (χ0v) is 20.8. The number of hydroxylamine groups is 2. The van der Waals surface area contributed by atoms with Crippen molar-refractivity contribution in [1.82, 2.24) is 5.06 Å². The number of imide groups is 1. The molecule has 3 aliphatic rings. The topological polar surface area (TPSA) is 99.2 Å². The van der Waals surface area contributed by atoms with Gasteiger partial charge in [-0.05, 0) is 54.6 Å². The third-order valence-electron chi connectivity index (χ3n) is 6.15. The van der Waals surface area contributed by atoms with Crippen LogP contribution in [0.2, 0.25) is 0 Å². The fourth-order valence-electron chi connectivity index (χ4n) is 4.59. The van der Waals surface area contributed by atoms with Crippen molar-refractivity contribution in [3.63, 3.8) is 0 Å². The highest BCUT2D eigenvalue weighted by molar-refractivity contribution is 9.10. The van der Waals surface area contributed by atoms with Gasteiger partial charge in [0, 0.05) is 38.5 Å². The molecule has 0 radical (unpaired) electrons. The lowest BCUT2D eigenvalue weighted by molar-refractivity contribution is -0.172. The van der Waals surface area contributed by atoms with Crippen LogP contribution in [0.15, 0.2) is 63.5 Å². The number of rotatable bonds is 2. The first-order valence-corrected chi connectivity index (χ1v) is 12.1. The van der Waals surface area contributed by atoms with E-state index in [0.717, 1.165) is 8.95 Å². The highest BCUT2D eigenvalue weighted by Gasteiger charge is 2.54. The van der Waals surface area contributed by atoms with E-state index < -0.39 is 29.4 Å².